The molecule has 1 saturated heterocycles. The largest absolute Gasteiger partial charge is 0.372 e. The number of anilines is 2. The third-order valence-corrected chi connectivity index (χ3v) is 3.90. The topological polar surface area (TPSA) is 44.4 Å². The van der Waals surface area contributed by atoms with E-state index in [4.69, 9.17) is 11.6 Å². The molecule has 0 unspecified atom stereocenters. The van der Waals surface area contributed by atoms with Gasteiger partial charge in [-0.2, -0.15) is 0 Å². The third-order valence-electron chi connectivity index (χ3n) is 3.67. The lowest BCUT2D eigenvalue weighted by Gasteiger charge is -2.31. The van der Waals surface area contributed by atoms with Gasteiger partial charge in [-0.05, 0) is 44.4 Å². The van der Waals surface area contributed by atoms with Crippen molar-refractivity contribution in [1.82, 2.24) is 5.32 Å². The summed E-state index contributed by atoms with van der Waals surface area (Å²) in [5.41, 5.74) is 2.06. The van der Waals surface area contributed by atoms with Gasteiger partial charge in [0.05, 0.1) is 11.4 Å². The van der Waals surface area contributed by atoms with Crippen molar-refractivity contribution >= 4 is 28.9 Å². The van der Waals surface area contributed by atoms with Crippen LogP contribution in [0.25, 0.3) is 0 Å². The Bertz CT molecular complexity index is 472. The molecule has 1 aliphatic heterocycles. The zero-order chi connectivity index (χ0) is 14.5. The number of nitrogens with one attached hydrogen (secondary N) is 2. The number of carbonyl (C=O) groups excluding carboxylic acids is 1. The van der Waals surface area contributed by atoms with Crippen LogP contribution in [0.15, 0.2) is 18.2 Å². The molecule has 0 spiro atoms. The van der Waals surface area contributed by atoms with Crippen molar-refractivity contribution in [2.24, 2.45) is 0 Å². The van der Waals surface area contributed by atoms with Crippen LogP contribution in [0, 0.1) is 0 Å². The van der Waals surface area contributed by atoms with Crippen LogP contribution in [0.1, 0.15) is 26.2 Å². The molecule has 0 radical (unpaired) electrons. The van der Waals surface area contributed by atoms with Gasteiger partial charge in [-0.3, -0.25) is 4.79 Å². The molecule has 5 heteroatoms. The zero-order valence-corrected chi connectivity index (χ0v) is 12.8. The van der Waals surface area contributed by atoms with Crippen LogP contribution in [-0.4, -0.2) is 32.1 Å². The van der Waals surface area contributed by atoms with Gasteiger partial charge in [-0.25, -0.2) is 0 Å². The van der Waals surface area contributed by atoms with Crippen molar-refractivity contribution in [3.05, 3.63) is 23.2 Å². The van der Waals surface area contributed by atoms with E-state index in [9.17, 15) is 4.79 Å². The van der Waals surface area contributed by atoms with E-state index in [0.717, 1.165) is 24.5 Å². The Balaban J connectivity index is 2.21. The molecule has 110 valence electrons. The molecule has 1 aromatic rings. The SMILES string of the molecule is CNC(=O)[C@H](C)Nc1cc(Cl)ccc1N1CCCCC1. The van der Waals surface area contributed by atoms with Crippen molar-refractivity contribution < 1.29 is 4.79 Å². The zero-order valence-electron chi connectivity index (χ0n) is 12.1. The summed E-state index contributed by atoms with van der Waals surface area (Å²) in [4.78, 5) is 14.0. The molecule has 1 heterocycles. The minimum atomic E-state index is -0.290. The quantitative estimate of drug-likeness (QED) is 0.898. The van der Waals surface area contributed by atoms with Crippen LogP contribution in [-0.2, 0) is 4.79 Å². The second-order valence-corrected chi connectivity index (χ2v) is 5.63. The van der Waals surface area contributed by atoms with E-state index in [1.165, 1.54) is 19.3 Å². The predicted molar refractivity (Wildman–Crippen MR) is 84.7 cm³/mol. The van der Waals surface area contributed by atoms with E-state index in [1.807, 2.05) is 25.1 Å². The van der Waals surface area contributed by atoms with Gasteiger partial charge in [0.1, 0.15) is 6.04 Å². The summed E-state index contributed by atoms with van der Waals surface area (Å²) in [6.45, 7) is 3.97. The van der Waals surface area contributed by atoms with E-state index in [-0.39, 0.29) is 11.9 Å². The highest BCUT2D eigenvalue weighted by Crippen LogP contribution is 2.31. The molecule has 2 rings (SSSR count). The van der Waals surface area contributed by atoms with E-state index in [2.05, 4.69) is 15.5 Å². The smallest absolute Gasteiger partial charge is 0.241 e. The molecule has 1 aromatic carbocycles. The fourth-order valence-electron chi connectivity index (χ4n) is 2.55. The molecule has 2 N–H and O–H groups in total. The van der Waals surface area contributed by atoms with Gasteiger partial charge >= 0.3 is 0 Å². The fourth-order valence-corrected chi connectivity index (χ4v) is 2.72. The van der Waals surface area contributed by atoms with Gasteiger partial charge in [0.25, 0.3) is 0 Å². The fraction of sp³-hybridized carbons (Fsp3) is 0.533. The number of rotatable bonds is 4. The lowest BCUT2D eigenvalue weighted by atomic mass is 10.1. The van der Waals surface area contributed by atoms with Gasteiger partial charge in [-0.1, -0.05) is 11.6 Å². The van der Waals surface area contributed by atoms with Crippen LogP contribution >= 0.6 is 11.6 Å². The Morgan fingerprint density at radius 3 is 2.65 bits per heavy atom. The number of halogens is 1. The van der Waals surface area contributed by atoms with Gasteiger partial charge in [0, 0.05) is 25.2 Å². The number of hydrogen-bond acceptors (Lipinski definition) is 3. The van der Waals surface area contributed by atoms with Crippen LogP contribution in [0.5, 0.6) is 0 Å². The first-order valence-corrected chi connectivity index (χ1v) is 7.52. The summed E-state index contributed by atoms with van der Waals surface area (Å²) in [5, 5.41) is 6.59. The second-order valence-electron chi connectivity index (χ2n) is 5.19. The van der Waals surface area contributed by atoms with Gasteiger partial charge in [0.2, 0.25) is 5.91 Å². The predicted octanol–water partition coefficient (Wildman–Crippen LogP) is 2.88. The Hall–Kier alpha value is -1.42. The molecular weight excluding hydrogens is 274 g/mol. The summed E-state index contributed by atoms with van der Waals surface area (Å²) in [6, 6.07) is 5.54. The lowest BCUT2D eigenvalue weighted by Crippen LogP contribution is -2.36. The molecule has 0 bridgehead atoms. The minimum Gasteiger partial charge on any atom is -0.372 e. The van der Waals surface area contributed by atoms with Crippen LogP contribution in [0.3, 0.4) is 0 Å². The van der Waals surface area contributed by atoms with Crippen molar-refractivity contribution in [3.8, 4) is 0 Å². The second kappa shape index (κ2) is 6.84. The molecule has 1 amide bonds. The molecule has 20 heavy (non-hydrogen) atoms. The summed E-state index contributed by atoms with van der Waals surface area (Å²) in [6.07, 6.45) is 3.72. The number of hydrogen-bond donors (Lipinski definition) is 2. The number of amides is 1. The summed E-state index contributed by atoms with van der Waals surface area (Å²) in [5.74, 6) is -0.0328. The summed E-state index contributed by atoms with van der Waals surface area (Å²) < 4.78 is 0. The average molecular weight is 296 g/mol. The van der Waals surface area contributed by atoms with Crippen molar-refractivity contribution in [2.75, 3.05) is 30.4 Å². The summed E-state index contributed by atoms with van der Waals surface area (Å²) in [7, 11) is 1.64. The Kier molecular flexibility index (Phi) is 5.12. The maximum Gasteiger partial charge on any atom is 0.241 e. The first-order valence-electron chi connectivity index (χ1n) is 7.14. The number of likely N-dealkylation sites (N-methyl/N-ethyl adjacent to an activating group) is 1. The molecule has 0 aromatic heterocycles. The van der Waals surface area contributed by atoms with Crippen molar-refractivity contribution in [3.63, 3.8) is 0 Å². The maximum atomic E-state index is 11.7. The first-order chi connectivity index (χ1) is 9.61. The monoisotopic (exact) mass is 295 g/mol. The van der Waals surface area contributed by atoms with E-state index in [1.54, 1.807) is 7.05 Å². The molecule has 1 fully saturated rings. The molecule has 0 saturated carbocycles. The Morgan fingerprint density at radius 2 is 2.00 bits per heavy atom. The highest BCUT2D eigenvalue weighted by Gasteiger charge is 2.18. The van der Waals surface area contributed by atoms with Crippen molar-refractivity contribution in [2.45, 2.75) is 32.2 Å². The number of benzene rings is 1. The first kappa shape index (κ1) is 15.0. The molecular formula is C15H22ClN3O. The number of piperidine rings is 1. The maximum absolute atomic E-state index is 11.7. The number of nitrogens with zero attached hydrogens (tertiary/aromatic N) is 1. The molecule has 1 atom stereocenters. The Morgan fingerprint density at radius 1 is 1.30 bits per heavy atom. The number of carbonyl (C=O) groups is 1. The average Bonchev–Trinajstić information content (AvgIpc) is 2.47. The lowest BCUT2D eigenvalue weighted by molar-refractivity contribution is -0.121. The molecule has 1 aliphatic rings. The third kappa shape index (κ3) is 3.57. The minimum absolute atomic E-state index is 0.0328. The summed E-state index contributed by atoms with van der Waals surface area (Å²) >= 11 is 6.09. The van der Waals surface area contributed by atoms with Crippen LogP contribution in [0.2, 0.25) is 5.02 Å². The van der Waals surface area contributed by atoms with Crippen molar-refractivity contribution in [1.29, 1.82) is 0 Å². The van der Waals surface area contributed by atoms with Crippen LogP contribution in [0.4, 0.5) is 11.4 Å². The van der Waals surface area contributed by atoms with Gasteiger partial charge in [0.15, 0.2) is 0 Å². The van der Waals surface area contributed by atoms with Gasteiger partial charge in [-0.15, -0.1) is 0 Å². The van der Waals surface area contributed by atoms with E-state index in [0.29, 0.717) is 5.02 Å². The van der Waals surface area contributed by atoms with E-state index < -0.39 is 0 Å². The van der Waals surface area contributed by atoms with Crippen LogP contribution < -0.4 is 15.5 Å². The van der Waals surface area contributed by atoms with E-state index >= 15 is 0 Å². The van der Waals surface area contributed by atoms with Gasteiger partial charge < -0.3 is 15.5 Å². The highest BCUT2D eigenvalue weighted by atomic mass is 35.5. The molecule has 0 aliphatic carbocycles. The molecule has 4 nitrogen and oxygen atoms in total. The normalized spacial score (nSPS) is 16.6. The highest BCUT2D eigenvalue weighted by molar-refractivity contribution is 6.31. The standard InChI is InChI=1S/C15H22ClN3O/c1-11(15(20)17-2)18-13-10-12(16)6-7-14(13)19-8-4-3-5-9-19/h6-7,10-11,18H,3-5,8-9H2,1-2H3,(H,17,20)/t11-/m0/s1. The Labute approximate surface area is 125 Å².